The van der Waals surface area contributed by atoms with Crippen molar-refractivity contribution in [2.45, 2.75) is 39.3 Å². The van der Waals surface area contributed by atoms with Crippen molar-refractivity contribution in [2.24, 2.45) is 5.92 Å². The molecule has 0 saturated carbocycles. The quantitative estimate of drug-likeness (QED) is 0.312. The molecule has 2 aromatic carbocycles. The highest BCUT2D eigenvalue weighted by molar-refractivity contribution is 6.39. The fourth-order valence-electron chi connectivity index (χ4n) is 4.57. The van der Waals surface area contributed by atoms with E-state index in [1.54, 1.807) is 12.3 Å². The number of piperidine rings is 1. The zero-order valence-electron chi connectivity index (χ0n) is 19.5. The molecular weight excluding hydrogens is 486 g/mol. The van der Waals surface area contributed by atoms with Gasteiger partial charge >= 0.3 is 0 Å². The number of nitrogens with zero attached hydrogens (tertiary/aromatic N) is 4. The number of hydrogen-bond acceptors (Lipinski definition) is 5. The molecule has 6 nitrogen and oxygen atoms in total. The van der Waals surface area contributed by atoms with Crippen LogP contribution in [0.25, 0.3) is 22.6 Å². The summed E-state index contributed by atoms with van der Waals surface area (Å²) in [5, 5.41) is 7.73. The van der Waals surface area contributed by atoms with Gasteiger partial charge in [0.05, 0.1) is 21.8 Å². The average Bonchev–Trinajstić information content (AvgIpc) is 3.21. The van der Waals surface area contributed by atoms with Crippen molar-refractivity contribution in [3.8, 4) is 11.4 Å². The lowest BCUT2D eigenvalue weighted by atomic mass is 9.99. The molecule has 0 unspecified atom stereocenters. The van der Waals surface area contributed by atoms with E-state index in [0.29, 0.717) is 50.0 Å². The van der Waals surface area contributed by atoms with Gasteiger partial charge in [-0.2, -0.15) is 4.98 Å². The first-order valence-corrected chi connectivity index (χ1v) is 12.7. The lowest BCUT2D eigenvalue weighted by Gasteiger charge is -2.24. The van der Waals surface area contributed by atoms with Gasteiger partial charge in [0.1, 0.15) is 17.2 Å². The van der Waals surface area contributed by atoms with E-state index in [4.69, 9.17) is 33.2 Å². The molecule has 1 aliphatic heterocycles. The van der Waals surface area contributed by atoms with Gasteiger partial charge in [0.15, 0.2) is 5.65 Å². The van der Waals surface area contributed by atoms with Gasteiger partial charge in [-0.1, -0.05) is 48.3 Å². The Bertz CT molecular complexity index is 1330. The van der Waals surface area contributed by atoms with Crippen LogP contribution in [0.1, 0.15) is 30.9 Å². The molecule has 0 radical (unpaired) electrons. The van der Waals surface area contributed by atoms with Crippen LogP contribution in [0.2, 0.25) is 10.0 Å². The molecule has 35 heavy (non-hydrogen) atoms. The van der Waals surface area contributed by atoms with Gasteiger partial charge in [-0.15, -0.1) is 0 Å². The molecule has 4 aromatic rings. The minimum absolute atomic E-state index is 0.249. The van der Waals surface area contributed by atoms with Crippen molar-refractivity contribution in [2.75, 3.05) is 18.4 Å². The van der Waals surface area contributed by atoms with E-state index in [2.05, 4.69) is 20.2 Å². The fraction of sp³-hybridized carbons (Fsp3) is 0.346. The van der Waals surface area contributed by atoms with Crippen LogP contribution in [0.3, 0.4) is 0 Å². The highest BCUT2D eigenvalue weighted by Crippen LogP contribution is 2.36. The van der Waals surface area contributed by atoms with Crippen molar-refractivity contribution in [3.63, 3.8) is 0 Å². The van der Waals surface area contributed by atoms with Gasteiger partial charge < -0.3 is 15.2 Å². The molecule has 9 heteroatoms. The van der Waals surface area contributed by atoms with Gasteiger partial charge in [-0.05, 0) is 62.0 Å². The van der Waals surface area contributed by atoms with E-state index in [1.807, 2.05) is 31.2 Å². The van der Waals surface area contributed by atoms with Crippen LogP contribution < -0.4 is 10.6 Å². The van der Waals surface area contributed by atoms with E-state index in [9.17, 15) is 4.39 Å². The molecule has 0 amide bonds. The predicted octanol–water partition coefficient (Wildman–Crippen LogP) is 6.11. The number of hydrogen-bond donors (Lipinski definition) is 2. The molecule has 2 aromatic heterocycles. The molecule has 1 saturated heterocycles. The van der Waals surface area contributed by atoms with Crippen LogP contribution in [-0.4, -0.2) is 32.6 Å². The summed E-state index contributed by atoms with van der Waals surface area (Å²) in [6.07, 6.45) is 4.78. The second-order valence-corrected chi connectivity index (χ2v) is 9.70. The standard InChI is InChI=1S/C26H27Cl2FN6/c1-2-16-8-9-21(29)18(11-16)13-31-26-32-14-22-24(34-26)35(15-17-5-4-10-30-12-17)25(33-22)23-19(27)6-3-7-20(23)28/h3,6-9,11,14,17,30H,2,4-5,10,12-13,15H2,1H3,(H,31,32,34)/t17-/m1/s1. The second kappa shape index (κ2) is 10.5. The Morgan fingerprint density at radius 3 is 2.74 bits per heavy atom. The summed E-state index contributed by atoms with van der Waals surface area (Å²) in [5.74, 6) is 1.27. The topological polar surface area (TPSA) is 67.7 Å². The van der Waals surface area contributed by atoms with Gasteiger partial charge in [-0.25, -0.2) is 14.4 Å². The molecule has 1 fully saturated rings. The molecule has 1 aliphatic rings. The smallest absolute Gasteiger partial charge is 0.225 e. The molecule has 0 bridgehead atoms. The number of aryl methyl sites for hydroxylation is 1. The van der Waals surface area contributed by atoms with Gasteiger partial charge in [0.25, 0.3) is 0 Å². The maximum atomic E-state index is 14.3. The zero-order chi connectivity index (χ0) is 24.4. The molecule has 1 atom stereocenters. The van der Waals surface area contributed by atoms with Crippen LogP contribution in [0, 0.1) is 11.7 Å². The number of rotatable bonds is 7. The maximum Gasteiger partial charge on any atom is 0.225 e. The first-order chi connectivity index (χ1) is 17.0. The molecule has 0 aliphatic carbocycles. The Morgan fingerprint density at radius 1 is 1.17 bits per heavy atom. The number of nitrogens with one attached hydrogen (secondary N) is 2. The van der Waals surface area contributed by atoms with Gasteiger partial charge in [0.2, 0.25) is 5.95 Å². The molecule has 0 spiro atoms. The summed E-state index contributed by atoms with van der Waals surface area (Å²) < 4.78 is 16.4. The van der Waals surface area contributed by atoms with E-state index < -0.39 is 0 Å². The van der Waals surface area contributed by atoms with Crippen LogP contribution in [-0.2, 0) is 19.5 Å². The van der Waals surface area contributed by atoms with Crippen LogP contribution in [0.4, 0.5) is 10.3 Å². The zero-order valence-corrected chi connectivity index (χ0v) is 21.0. The van der Waals surface area contributed by atoms with Crippen molar-refractivity contribution in [1.82, 2.24) is 24.8 Å². The van der Waals surface area contributed by atoms with Gasteiger partial charge in [0, 0.05) is 18.7 Å². The van der Waals surface area contributed by atoms with E-state index >= 15 is 0 Å². The first-order valence-electron chi connectivity index (χ1n) is 11.9. The Morgan fingerprint density at radius 2 is 2.00 bits per heavy atom. The minimum Gasteiger partial charge on any atom is -0.350 e. The highest BCUT2D eigenvalue weighted by atomic mass is 35.5. The molecule has 182 valence electrons. The number of anilines is 1. The number of aromatic nitrogens is 4. The summed E-state index contributed by atoms with van der Waals surface area (Å²) in [4.78, 5) is 14.0. The monoisotopic (exact) mass is 512 g/mol. The van der Waals surface area contributed by atoms with Crippen molar-refractivity contribution >= 4 is 40.3 Å². The highest BCUT2D eigenvalue weighted by Gasteiger charge is 2.23. The van der Waals surface area contributed by atoms with Crippen LogP contribution >= 0.6 is 23.2 Å². The number of fused-ring (bicyclic) bond motifs is 1. The summed E-state index contributed by atoms with van der Waals surface area (Å²) in [6, 6.07) is 10.6. The van der Waals surface area contributed by atoms with Crippen molar-refractivity contribution in [1.29, 1.82) is 0 Å². The summed E-state index contributed by atoms with van der Waals surface area (Å²) in [6.45, 7) is 5.03. The van der Waals surface area contributed by atoms with Crippen LogP contribution in [0.15, 0.2) is 42.6 Å². The largest absolute Gasteiger partial charge is 0.350 e. The normalized spacial score (nSPS) is 16.1. The summed E-state index contributed by atoms with van der Waals surface area (Å²) >= 11 is 13.1. The maximum absolute atomic E-state index is 14.3. The molecule has 5 rings (SSSR count). The van der Waals surface area contributed by atoms with Crippen LogP contribution in [0.5, 0.6) is 0 Å². The number of imidazole rings is 1. The van der Waals surface area contributed by atoms with E-state index in [1.165, 1.54) is 6.07 Å². The number of halogens is 3. The van der Waals surface area contributed by atoms with Crippen molar-refractivity contribution in [3.05, 3.63) is 69.6 Å². The first kappa shape index (κ1) is 24.0. The number of benzene rings is 2. The summed E-state index contributed by atoms with van der Waals surface area (Å²) in [5.41, 5.74) is 3.70. The van der Waals surface area contributed by atoms with Gasteiger partial charge in [-0.3, -0.25) is 0 Å². The third-order valence-electron chi connectivity index (χ3n) is 6.47. The molecular formula is C26H27Cl2FN6. The third kappa shape index (κ3) is 5.13. The Balaban J connectivity index is 1.52. The fourth-order valence-corrected chi connectivity index (χ4v) is 5.14. The van der Waals surface area contributed by atoms with Crippen molar-refractivity contribution < 1.29 is 4.39 Å². The van der Waals surface area contributed by atoms with E-state index in [0.717, 1.165) is 44.5 Å². The summed E-state index contributed by atoms with van der Waals surface area (Å²) in [7, 11) is 0. The lowest BCUT2D eigenvalue weighted by Crippen LogP contribution is -2.32. The Labute approximate surface area is 213 Å². The predicted molar refractivity (Wildman–Crippen MR) is 139 cm³/mol. The SMILES string of the molecule is CCc1ccc(F)c(CNc2ncc3nc(-c4c(Cl)cccc4Cl)n(C[C@@H]4CCCNC4)c3n2)c1. The minimum atomic E-state index is -0.249. The Kier molecular flexibility index (Phi) is 7.18. The lowest BCUT2D eigenvalue weighted by molar-refractivity contribution is 0.341. The second-order valence-electron chi connectivity index (χ2n) is 8.89. The van der Waals surface area contributed by atoms with E-state index in [-0.39, 0.29) is 12.4 Å². The molecule has 2 N–H and O–H groups in total. The average molecular weight is 513 g/mol. The third-order valence-corrected chi connectivity index (χ3v) is 7.10. The Hall–Kier alpha value is -2.74. The molecule has 3 heterocycles.